The average molecular weight is 574 g/mol. The number of rotatable bonds is 8. The van der Waals surface area contributed by atoms with Gasteiger partial charge in [-0.3, -0.25) is 9.59 Å². The zero-order chi connectivity index (χ0) is 29.2. The molecular formula is C26H31F4N3O5S. The molecule has 1 aliphatic heterocycles. The molecule has 0 aliphatic carbocycles. The second-order valence-corrected chi connectivity index (χ2v) is 12.2. The predicted molar refractivity (Wildman–Crippen MR) is 137 cm³/mol. The average Bonchev–Trinajstić information content (AvgIpc) is 2.82. The van der Waals surface area contributed by atoms with Gasteiger partial charge < -0.3 is 20.3 Å². The second-order valence-electron chi connectivity index (χ2n) is 10.2. The fraction of sp³-hybridized carbons (Fsp3) is 0.462. The number of nitrogens with zero attached hydrogens (tertiary/aromatic N) is 1. The first-order valence-corrected chi connectivity index (χ1v) is 14.1. The molecule has 39 heavy (non-hydrogen) atoms. The number of hydrogen-bond acceptors (Lipinski definition) is 6. The highest BCUT2D eigenvalue weighted by Gasteiger charge is 2.36. The quantitative estimate of drug-likeness (QED) is 0.455. The minimum Gasteiger partial charge on any atom is -0.406 e. The number of likely N-dealkylation sites (tertiary alicyclic amines) is 1. The van der Waals surface area contributed by atoms with Crippen LogP contribution in [0.4, 0.5) is 23.2 Å². The van der Waals surface area contributed by atoms with E-state index < -0.39 is 45.3 Å². The summed E-state index contributed by atoms with van der Waals surface area (Å²) in [7, 11) is -3.31. The van der Waals surface area contributed by atoms with Crippen LogP contribution in [0, 0.1) is 11.7 Å². The number of sulfone groups is 1. The molecule has 2 N–H and O–H groups in total. The van der Waals surface area contributed by atoms with Crippen LogP contribution in [0.15, 0.2) is 47.4 Å². The number of alkyl halides is 3. The Bertz CT molecular complexity index is 1310. The van der Waals surface area contributed by atoms with Crippen LogP contribution < -0.4 is 15.4 Å². The SMILES string of the molecule is CC(C)C(NC(=O)c1cc(OC(F)(F)F)ccc1F)C(=O)N1CCC(C)(Nc2ccc(S(C)(=O)=O)cc2)CC1. The molecule has 1 aliphatic rings. The third-order valence-electron chi connectivity index (χ3n) is 6.54. The van der Waals surface area contributed by atoms with Crippen molar-refractivity contribution in [3.63, 3.8) is 0 Å². The van der Waals surface area contributed by atoms with Crippen molar-refractivity contribution in [1.82, 2.24) is 10.2 Å². The van der Waals surface area contributed by atoms with Crippen LogP contribution in [0.5, 0.6) is 5.75 Å². The van der Waals surface area contributed by atoms with Gasteiger partial charge in [0.15, 0.2) is 9.84 Å². The lowest BCUT2D eigenvalue weighted by Crippen LogP contribution is -2.56. The Labute approximate surface area is 224 Å². The summed E-state index contributed by atoms with van der Waals surface area (Å²) in [5, 5.41) is 5.86. The van der Waals surface area contributed by atoms with Gasteiger partial charge in [-0.05, 0) is 68.1 Å². The number of carbonyl (C=O) groups excluding carboxylic acids is 2. The molecule has 0 radical (unpaired) electrons. The van der Waals surface area contributed by atoms with E-state index in [0.717, 1.165) is 18.0 Å². The van der Waals surface area contributed by atoms with E-state index in [-0.39, 0.29) is 22.3 Å². The van der Waals surface area contributed by atoms with E-state index in [0.29, 0.717) is 38.1 Å². The molecule has 1 unspecified atom stereocenters. The smallest absolute Gasteiger partial charge is 0.406 e. The van der Waals surface area contributed by atoms with E-state index >= 15 is 0 Å². The fourth-order valence-corrected chi connectivity index (χ4v) is 4.91. The number of carbonyl (C=O) groups is 2. The van der Waals surface area contributed by atoms with Gasteiger partial charge >= 0.3 is 6.36 Å². The number of halogens is 4. The first-order chi connectivity index (χ1) is 18.0. The van der Waals surface area contributed by atoms with Gasteiger partial charge in [0.25, 0.3) is 5.91 Å². The van der Waals surface area contributed by atoms with Gasteiger partial charge in [-0.25, -0.2) is 12.8 Å². The number of piperidine rings is 1. The summed E-state index contributed by atoms with van der Waals surface area (Å²) in [6.07, 6.45) is -2.78. The lowest BCUT2D eigenvalue weighted by molar-refractivity contribution is -0.274. The van der Waals surface area contributed by atoms with E-state index in [2.05, 4.69) is 15.4 Å². The van der Waals surface area contributed by atoms with Crippen molar-refractivity contribution in [3.8, 4) is 5.75 Å². The highest BCUT2D eigenvalue weighted by atomic mass is 32.2. The highest BCUT2D eigenvalue weighted by molar-refractivity contribution is 7.90. The van der Waals surface area contributed by atoms with Crippen LogP contribution in [-0.4, -0.2) is 62.4 Å². The van der Waals surface area contributed by atoms with E-state index in [1.807, 2.05) is 6.92 Å². The van der Waals surface area contributed by atoms with Gasteiger partial charge in [0.1, 0.15) is 17.6 Å². The second kappa shape index (κ2) is 11.4. The summed E-state index contributed by atoms with van der Waals surface area (Å²) in [5.41, 5.74) is -0.328. The van der Waals surface area contributed by atoms with Crippen LogP contribution in [0.1, 0.15) is 44.0 Å². The maximum Gasteiger partial charge on any atom is 0.573 e. The fourth-order valence-electron chi connectivity index (χ4n) is 4.28. The molecule has 1 saturated heterocycles. The van der Waals surface area contributed by atoms with Gasteiger partial charge in [-0.15, -0.1) is 13.2 Å². The summed E-state index contributed by atoms with van der Waals surface area (Å²) >= 11 is 0. The first-order valence-electron chi connectivity index (χ1n) is 12.2. The van der Waals surface area contributed by atoms with Gasteiger partial charge in [-0.1, -0.05) is 13.8 Å². The number of ether oxygens (including phenoxy) is 1. The molecule has 214 valence electrons. The van der Waals surface area contributed by atoms with E-state index in [9.17, 15) is 35.6 Å². The molecule has 1 heterocycles. The van der Waals surface area contributed by atoms with Crippen molar-refractivity contribution in [3.05, 3.63) is 53.8 Å². The molecule has 0 saturated carbocycles. The minimum atomic E-state index is -5.01. The van der Waals surface area contributed by atoms with Crippen molar-refractivity contribution >= 4 is 27.3 Å². The molecule has 0 bridgehead atoms. The van der Waals surface area contributed by atoms with Gasteiger partial charge in [0, 0.05) is 30.6 Å². The van der Waals surface area contributed by atoms with Gasteiger partial charge in [0.05, 0.1) is 10.5 Å². The van der Waals surface area contributed by atoms with E-state index in [4.69, 9.17) is 0 Å². The maximum atomic E-state index is 14.3. The minimum absolute atomic E-state index is 0.208. The van der Waals surface area contributed by atoms with Crippen molar-refractivity contribution in [1.29, 1.82) is 0 Å². The topological polar surface area (TPSA) is 105 Å². The van der Waals surface area contributed by atoms with Crippen LogP contribution in [0.3, 0.4) is 0 Å². The van der Waals surface area contributed by atoms with E-state index in [1.165, 1.54) is 12.1 Å². The van der Waals surface area contributed by atoms with Crippen LogP contribution in [0.2, 0.25) is 0 Å². The molecule has 1 fully saturated rings. The van der Waals surface area contributed by atoms with Crippen LogP contribution >= 0.6 is 0 Å². The Hall–Kier alpha value is -3.35. The maximum absolute atomic E-state index is 14.3. The molecule has 2 aromatic carbocycles. The first kappa shape index (κ1) is 30.2. The standard InChI is InChI=1S/C26H31F4N3O5S/c1-16(2)22(31-23(34)20-15-18(7-10-21(20)27)38-26(28,29)30)24(35)33-13-11-25(3,12-14-33)32-17-5-8-19(9-6-17)39(4,36)37/h5-10,15-16,22,32H,11-14H2,1-4H3,(H,31,34). The molecule has 2 aromatic rings. The summed E-state index contributed by atoms with van der Waals surface area (Å²) in [6.45, 7) is 6.08. The predicted octanol–water partition coefficient (Wildman–Crippen LogP) is 4.38. The number of anilines is 1. The van der Waals surface area contributed by atoms with E-state index in [1.54, 1.807) is 30.9 Å². The molecule has 8 nitrogen and oxygen atoms in total. The Kier molecular flexibility index (Phi) is 8.83. The number of amides is 2. The summed E-state index contributed by atoms with van der Waals surface area (Å²) < 4.78 is 79.0. The monoisotopic (exact) mass is 573 g/mol. The molecular weight excluding hydrogens is 542 g/mol. The normalized spacial score (nSPS) is 16.5. The highest BCUT2D eigenvalue weighted by Crippen LogP contribution is 2.29. The Balaban J connectivity index is 1.65. The zero-order valence-corrected chi connectivity index (χ0v) is 22.7. The lowest BCUT2D eigenvalue weighted by Gasteiger charge is -2.42. The number of nitrogens with one attached hydrogen (secondary N) is 2. The molecule has 0 spiro atoms. The van der Waals surface area contributed by atoms with Crippen molar-refractivity contribution in [2.24, 2.45) is 5.92 Å². The molecule has 3 rings (SSSR count). The van der Waals surface area contributed by atoms with Crippen molar-refractivity contribution < 1.29 is 40.3 Å². The zero-order valence-electron chi connectivity index (χ0n) is 21.9. The number of benzene rings is 2. The lowest BCUT2D eigenvalue weighted by atomic mass is 9.88. The largest absolute Gasteiger partial charge is 0.573 e. The summed E-state index contributed by atoms with van der Waals surface area (Å²) in [4.78, 5) is 27.9. The summed E-state index contributed by atoms with van der Waals surface area (Å²) in [5.74, 6) is -3.62. The number of hydrogen-bond donors (Lipinski definition) is 2. The third-order valence-corrected chi connectivity index (χ3v) is 7.67. The third kappa shape index (κ3) is 8.07. The van der Waals surface area contributed by atoms with Gasteiger partial charge in [0.2, 0.25) is 5.91 Å². The van der Waals surface area contributed by atoms with Crippen LogP contribution in [-0.2, 0) is 14.6 Å². The molecule has 2 amide bonds. The van der Waals surface area contributed by atoms with Crippen molar-refractivity contribution in [2.75, 3.05) is 24.7 Å². The Morgan fingerprint density at radius 2 is 1.64 bits per heavy atom. The molecule has 1 atom stereocenters. The Morgan fingerprint density at radius 3 is 2.15 bits per heavy atom. The summed E-state index contributed by atoms with van der Waals surface area (Å²) in [6, 6.07) is 7.44. The molecule has 13 heteroatoms. The molecule has 0 aromatic heterocycles. The van der Waals surface area contributed by atoms with Gasteiger partial charge in [-0.2, -0.15) is 0 Å². The Morgan fingerprint density at radius 1 is 1.05 bits per heavy atom. The van der Waals surface area contributed by atoms with Crippen LogP contribution in [0.25, 0.3) is 0 Å². The van der Waals surface area contributed by atoms with Crippen molar-refractivity contribution in [2.45, 2.75) is 56.5 Å².